The van der Waals surface area contributed by atoms with Crippen LogP contribution in [0.2, 0.25) is 5.02 Å². The third-order valence-corrected chi connectivity index (χ3v) is 5.73. The SMILES string of the molecule is COc1ccc(NC(=O)c2cnn(-c3cccc(C)c3)c2C2CCNCC2)cc1Cl.Cl. The highest BCUT2D eigenvalue weighted by atomic mass is 35.5. The van der Waals surface area contributed by atoms with Crippen molar-refractivity contribution in [3.05, 3.63) is 70.5 Å². The third kappa shape index (κ3) is 5.03. The number of benzene rings is 2. The second kappa shape index (κ2) is 10.2. The van der Waals surface area contributed by atoms with Gasteiger partial charge in [-0.15, -0.1) is 12.4 Å². The van der Waals surface area contributed by atoms with Gasteiger partial charge >= 0.3 is 0 Å². The molecule has 1 saturated heterocycles. The van der Waals surface area contributed by atoms with Crippen molar-refractivity contribution in [3.63, 3.8) is 0 Å². The lowest BCUT2D eigenvalue weighted by Gasteiger charge is -2.24. The maximum absolute atomic E-state index is 13.2. The summed E-state index contributed by atoms with van der Waals surface area (Å²) in [5, 5.41) is 11.4. The Morgan fingerprint density at radius 1 is 1.23 bits per heavy atom. The van der Waals surface area contributed by atoms with Crippen LogP contribution in [0.3, 0.4) is 0 Å². The highest BCUT2D eigenvalue weighted by Crippen LogP contribution is 2.32. The van der Waals surface area contributed by atoms with E-state index in [9.17, 15) is 4.79 Å². The van der Waals surface area contributed by atoms with Crippen molar-refractivity contribution >= 4 is 35.6 Å². The van der Waals surface area contributed by atoms with Crippen molar-refractivity contribution in [2.24, 2.45) is 0 Å². The number of aromatic nitrogens is 2. The summed E-state index contributed by atoms with van der Waals surface area (Å²) in [6.45, 7) is 3.91. The highest BCUT2D eigenvalue weighted by Gasteiger charge is 2.27. The van der Waals surface area contributed by atoms with E-state index in [2.05, 4.69) is 34.8 Å². The van der Waals surface area contributed by atoms with Crippen molar-refractivity contribution < 1.29 is 9.53 Å². The molecule has 8 heteroatoms. The third-order valence-electron chi connectivity index (χ3n) is 5.43. The van der Waals surface area contributed by atoms with Crippen LogP contribution in [-0.4, -0.2) is 35.9 Å². The number of hydrogen-bond donors (Lipinski definition) is 2. The molecule has 0 spiro atoms. The number of methoxy groups -OCH3 is 1. The number of rotatable bonds is 5. The largest absolute Gasteiger partial charge is 0.495 e. The van der Waals surface area contributed by atoms with Crippen molar-refractivity contribution in [2.75, 3.05) is 25.5 Å². The van der Waals surface area contributed by atoms with E-state index in [4.69, 9.17) is 16.3 Å². The zero-order chi connectivity index (χ0) is 21.1. The molecular weight excluding hydrogens is 435 g/mol. The fraction of sp³-hybridized carbons (Fsp3) is 0.304. The van der Waals surface area contributed by atoms with Crippen LogP contribution in [0.5, 0.6) is 5.75 Å². The highest BCUT2D eigenvalue weighted by molar-refractivity contribution is 6.32. The van der Waals surface area contributed by atoms with Gasteiger partial charge in [-0.3, -0.25) is 4.79 Å². The molecule has 2 heterocycles. The molecule has 4 rings (SSSR count). The first kappa shape index (κ1) is 23.1. The predicted molar refractivity (Wildman–Crippen MR) is 126 cm³/mol. The average Bonchev–Trinajstić information content (AvgIpc) is 3.20. The van der Waals surface area contributed by atoms with Crippen LogP contribution in [-0.2, 0) is 0 Å². The van der Waals surface area contributed by atoms with Crippen molar-refractivity contribution in [1.82, 2.24) is 15.1 Å². The van der Waals surface area contributed by atoms with Crippen molar-refractivity contribution in [2.45, 2.75) is 25.7 Å². The molecule has 31 heavy (non-hydrogen) atoms. The Balaban J connectivity index is 0.00000272. The summed E-state index contributed by atoms with van der Waals surface area (Å²) >= 11 is 6.21. The average molecular weight is 461 g/mol. The molecule has 2 aromatic carbocycles. The summed E-state index contributed by atoms with van der Waals surface area (Å²) in [4.78, 5) is 13.2. The molecule has 2 N–H and O–H groups in total. The van der Waals surface area contributed by atoms with E-state index in [0.717, 1.165) is 42.9 Å². The summed E-state index contributed by atoms with van der Waals surface area (Å²) in [7, 11) is 1.56. The Bertz CT molecular complexity index is 1060. The Kier molecular flexibility index (Phi) is 7.59. The topological polar surface area (TPSA) is 68.2 Å². The van der Waals surface area contributed by atoms with Gasteiger partial charge in [-0.1, -0.05) is 23.7 Å². The Morgan fingerprint density at radius 3 is 2.68 bits per heavy atom. The van der Waals surface area contributed by atoms with E-state index in [1.165, 1.54) is 0 Å². The normalized spacial score (nSPS) is 14.0. The number of hydrogen-bond acceptors (Lipinski definition) is 4. The Morgan fingerprint density at radius 2 is 2.00 bits per heavy atom. The summed E-state index contributed by atoms with van der Waals surface area (Å²) in [6.07, 6.45) is 3.60. The molecule has 0 bridgehead atoms. The molecule has 164 valence electrons. The molecule has 0 unspecified atom stereocenters. The number of amides is 1. The van der Waals surface area contributed by atoms with Gasteiger partial charge < -0.3 is 15.4 Å². The lowest BCUT2D eigenvalue weighted by molar-refractivity contribution is 0.102. The molecule has 1 aliphatic rings. The second-order valence-corrected chi connectivity index (χ2v) is 7.93. The van der Waals surface area contributed by atoms with Gasteiger partial charge in [0.15, 0.2) is 0 Å². The van der Waals surface area contributed by atoms with E-state index in [0.29, 0.717) is 22.0 Å². The fourth-order valence-corrected chi connectivity index (χ4v) is 4.19. The van der Waals surface area contributed by atoms with Crippen LogP contribution >= 0.6 is 24.0 Å². The van der Waals surface area contributed by atoms with Gasteiger partial charge in [0.1, 0.15) is 5.75 Å². The molecule has 6 nitrogen and oxygen atoms in total. The van der Waals surface area contributed by atoms with Gasteiger partial charge in [0.2, 0.25) is 0 Å². The van der Waals surface area contributed by atoms with Crippen molar-refractivity contribution in [1.29, 1.82) is 0 Å². The monoisotopic (exact) mass is 460 g/mol. The zero-order valence-corrected chi connectivity index (χ0v) is 19.1. The molecule has 1 aromatic heterocycles. The maximum Gasteiger partial charge on any atom is 0.259 e. The number of nitrogens with zero attached hydrogens (tertiary/aromatic N) is 2. The molecule has 1 amide bonds. The Hall–Kier alpha value is -2.54. The predicted octanol–water partition coefficient (Wildman–Crippen LogP) is 4.98. The van der Waals surface area contributed by atoms with Crippen LogP contribution in [0, 0.1) is 6.92 Å². The Labute approximate surface area is 193 Å². The summed E-state index contributed by atoms with van der Waals surface area (Å²) in [5.41, 5.74) is 4.29. The van der Waals surface area contributed by atoms with Crippen LogP contribution in [0.4, 0.5) is 5.69 Å². The fourth-order valence-electron chi connectivity index (χ4n) is 3.93. The summed E-state index contributed by atoms with van der Waals surface area (Å²) < 4.78 is 7.10. The maximum atomic E-state index is 13.2. The number of ether oxygens (including phenoxy) is 1. The number of anilines is 1. The van der Waals surface area contributed by atoms with Gasteiger partial charge in [-0.25, -0.2) is 4.68 Å². The first-order valence-corrected chi connectivity index (χ1v) is 10.4. The van der Waals surface area contributed by atoms with Gasteiger partial charge in [0, 0.05) is 11.6 Å². The second-order valence-electron chi connectivity index (χ2n) is 7.52. The first-order valence-electron chi connectivity index (χ1n) is 10.1. The number of piperidine rings is 1. The van der Waals surface area contributed by atoms with Crippen molar-refractivity contribution in [3.8, 4) is 11.4 Å². The van der Waals surface area contributed by atoms with Crippen LogP contribution in [0.1, 0.15) is 40.4 Å². The molecule has 1 aliphatic heterocycles. The van der Waals surface area contributed by atoms with E-state index in [1.807, 2.05) is 16.8 Å². The van der Waals surface area contributed by atoms with E-state index in [1.54, 1.807) is 31.5 Å². The number of nitrogens with one attached hydrogen (secondary N) is 2. The standard InChI is InChI=1S/C23H25ClN4O2.ClH/c1-15-4-3-5-18(12-15)28-22(16-8-10-25-11-9-16)19(14-26-28)23(29)27-17-6-7-21(30-2)20(24)13-17;/h3-7,12-14,16,25H,8-11H2,1-2H3,(H,27,29);1H. The molecule has 3 aromatic rings. The van der Waals surface area contributed by atoms with Gasteiger partial charge in [-0.2, -0.15) is 5.10 Å². The molecular formula is C23H26Cl2N4O2. The van der Waals surface area contributed by atoms with E-state index >= 15 is 0 Å². The lowest BCUT2D eigenvalue weighted by atomic mass is 9.91. The number of aryl methyl sites for hydroxylation is 1. The minimum Gasteiger partial charge on any atom is -0.495 e. The van der Waals surface area contributed by atoms with Crippen LogP contribution in [0.25, 0.3) is 5.69 Å². The number of carbonyl (C=O) groups excluding carboxylic acids is 1. The summed E-state index contributed by atoms with van der Waals surface area (Å²) in [6, 6.07) is 13.4. The first-order chi connectivity index (χ1) is 14.6. The van der Waals surface area contributed by atoms with Gasteiger partial charge in [0.05, 0.1) is 35.3 Å². The van der Waals surface area contributed by atoms with E-state index in [-0.39, 0.29) is 24.2 Å². The quantitative estimate of drug-likeness (QED) is 0.562. The van der Waals surface area contributed by atoms with Gasteiger partial charge in [0.25, 0.3) is 5.91 Å². The molecule has 1 fully saturated rings. The number of halogens is 2. The van der Waals surface area contributed by atoms with E-state index < -0.39 is 0 Å². The van der Waals surface area contributed by atoms with Crippen LogP contribution < -0.4 is 15.4 Å². The molecule has 0 saturated carbocycles. The minimum atomic E-state index is -0.191. The lowest BCUT2D eigenvalue weighted by Crippen LogP contribution is -2.29. The van der Waals surface area contributed by atoms with Crippen LogP contribution in [0.15, 0.2) is 48.7 Å². The molecule has 0 radical (unpaired) electrons. The van der Waals surface area contributed by atoms with Gasteiger partial charge in [-0.05, 0) is 68.8 Å². The number of carbonyl (C=O) groups is 1. The summed E-state index contributed by atoms with van der Waals surface area (Å²) in [5.74, 6) is 0.635. The smallest absolute Gasteiger partial charge is 0.259 e. The zero-order valence-electron chi connectivity index (χ0n) is 17.5. The minimum absolute atomic E-state index is 0. The molecule has 0 atom stereocenters. The molecule has 0 aliphatic carbocycles.